The lowest BCUT2D eigenvalue weighted by Crippen LogP contribution is -2.36. The number of amides is 1. The van der Waals surface area contributed by atoms with E-state index in [0.717, 1.165) is 6.07 Å². The predicted octanol–water partition coefficient (Wildman–Crippen LogP) is 1.67. The van der Waals surface area contributed by atoms with Gasteiger partial charge in [0.05, 0.1) is 11.1 Å². The SMILES string of the molecule is C[C@H](NC(=O)Cn1nnn(CC(F)(F)F)c1=O)c1ccc(Cl)c(F)c1. The van der Waals surface area contributed by atoms with E-state index >= 15 is 0 Å². The number of hydrogen-bond donors (Lipinski definition) is 1. The average Bonchev–Trinajstić information content (AvgIpc) is 2.81. The third-order valence-electron chi connectivity index (χ3n) is 3.14. The molecule has 25 heavy (non-hydrogen) atoms. The topological polar surface area (TPSA) is 81.8 Å². The van der Waals surface area contributed by atoms with Gasteiger partial charge in [-0.3, -0.25) is 4.79 Å². The number of nitrogens with one attached hydrogen (secondary N) is 1. The van der Waals surface area contributed by atoms with Gasteiger partial charge in [0.1, 0.15) is 18.9 Å². The molecule has 1 N–H and O–H groups in total. The van der Waals surface area contributed by atoms with E-state index < -0.39 is 42.7 Å². The minimum atomic E-state index is -4.64. The summed E-state index contributed by atoms with van der Waals surface area (Å²) in [5.41, 5.74) is -0.749. The molecule has 0 unspecified atom stereocenters. The number of halogens is 5. The standard InChI is InChI=1S/C13H12ClF4N5O2/c1-7(8-2-3-9(14)10(15)4-8)19-11(24)5-22-12(25)23(21-20-22)6-13(16,17)18/h2-4,7H,5-6H2,1H3,(H,19,24)/t7-/m0/s1. The molecule has 2 aromatic rings. The van der Waals surface area contributed by atoms with Gasteiger partial charge >= 0.3 is 11.9 Å². The Bertz CT molecular complexity index is 833. The highest BCUT2D eigenvalue weighted by Crippen LogP contribution is 2.20. The number of alkyl halides is 3. The third kappa shape index (κ3) is 5.02. The molecule has 0 saturated carbocycles. The van der Waals surface area contributed by atoms with Gasteiger partial charge in [0.25, 0.3) is 0 Å². The first kappa shape index (κ1) is 18.9. The molecule has 0 fully saturated rings. The van der Waals surface area contributed by atoms with Gasteiger partial charge < -0.3 is 5.32 Å². The van der Waals surface area contributed by atoms with E-state index in [2.05, 4.69) is 15.7 Å². The number of carbonyl (C=O) groups is 1. The van der Waals surface area contributed by atoms with Crippen molar-refractivity contribution >= 4 is 17.5 Å². The van der Waals surface area contributed by atoms with E-state index in [1.165, 1.54) is 12.1 Å². The van der Waals surface area contributed by atoms with Crippen LogP contribution < -0.4 is 11.0 Å². The zero-order valence-corrected chi connectivity index (χ0v) is 13.5. The predicted molar refractivity (Wildman–Crippen MR) is 78.3 cm³/mol. The number of nitrogens with zero attached hydrogens (tertiary/aromatic N) is 4. The van der Waals surface area contributed by atoms with Gasteiger partial charge in [0.15, 0.2) is 0 Å². The van der Waals surface area contributed by atoms with Gasteiger partial charge in [0.2, 0.25) is 5.91 Å². The van der Waals surface area contributed by atoms with Gasteiger partial charge in [-0.1, -0.05) is 17.7 Å². The second-order valence-electron chi connectivity index (χ2n) is 5.15. The van der Waals surface area contributed by atoms with E-state index in [4.69, 9.17) is 11.6 Å². The van der Waals surface area contributed by atoms with Gasteiger partial charge in [-0.2, -0.15) is 22.5 Å². The fraction of sp³-hybridized carbons (Fsp3) is 0.385. The number of aromatic nitrogens is 4. The largest absolute Gasteiger partial charge is 0.408 e. The first-order valence-corrected chi connectivity index (χ1v) is 7.26. The zero-order valence-electron chi connectivity index (χ0n) is 12.7. The molecular weight excluding hydrogens is 370 g/mol. The molecule has 136 valence electrons. The highest BCUT2D eigenvalue weighted by Gasteiger charge is 2.30. The van der Waals surface area contributed by atoms with Crippen molar-refractivity contribution in [3.05, 3.63) is 45.1 Å². The van der Waals surface area contributed by atoms with E-state index in [-0.39, 0.29) is 9.70 Å². The average molecular weight is 382 g/mol. The lowest BCUT2D eigenvalue weighted by molar-refractivity contribution is -0.143. The molecular formula is C13H12ClF4N5O2. The summed E-state index contributed by atoms with van der Waals surface area (Å²) in [5, 5.41) is 8.68. The van der Waals surface area contributed by atoms with Crippen molar-refractivity contribution in [2.75, 3.05) is 0 Å². The van der Waals surface area contributed by atoms with Crippen LogP contribution >= 0.6 is 11.6 Å². The van der Waals surface area contributed by atoms with Crippen molar-refractivity contribution in [2.45, 2.75) is 32.2 Å². The summed E-state index contributed by atoms with van der Waals surface area (Å²) in [6.45, 7) is -0.672. The minimum absolute atomic E-state index is 0.0740. The van der Waals surface area contributed by atoms with Crippen LogP contribution in [-0.4, -0.2) is 31.9 Å². The van der Waals surface area contributed by atoms with Crippen LogP contribution in [0.15, 0.2) is 23.0 Å². The van der Waals surface area contributed by atoms with Crippen LogP contribution in [-0.2, 0) is 17.9 Å². The molecule has 1 atom stereocenters. The fourth-order valence-electron chi connectivity index (χ4n) is 1.96. The number of benzene rings is 1. The van der Waals surface area contributed by atoms with E-state index in [9.17, 15) is 27.2 Å². The Labute approximate surface area is 143 Å². The van der Waals surface area contributed by atoms with Crippen molar-refractivity contribution in [1.29, 1.82) is 0 Å². The van der Waals surface area contributed by atoms with Gasteiger partial charge in [0, 0.05) is 0 Å². The molecule has 0 spiro atoms. The molecule has 0 aliphatic rings. The maximum Gasteiger partial charge on any atom is 0.408 e. The van der Waals surface area contributed by atoms with Crippen LogP contribution in [0.5, 0.6) is 0 Å². The summed E-state index contributed by atoms with van der Waals surface area (Å²) in [6, 6.07) is 3.34. The summed E-state index contributed by atoms with van der Waals surface area (Å²) in [4.78, 5) is 23.6. The second kappa shape index (κ2) is 7.21. The van der Waals surface area contributed by atoms with E-state index in [1.807, 2.05) is 0 Å². The molecule has 0 aliphatic carbocycles. The number of rotatable bonds is 5. The lowest BCUT2D eigenvalue weighted by atomic mass is 10.1. The summed E-state index contributed by atoms with van der Waals surface area (Å²) in [7, 11) is 0. The van der Waals surface area contributed by atoms with Crippen molar-refractivity contribution in [3.63, 3.8) is 0 Å². The zero-order chi connectivity index (χ0) is 18.8. The molecule has 1 aromatic heterocycles. The summed E-state index contributed by atoms with van der Waals surface area (Å²) < 4.78 is 50.8. The van der Waals surface area contributed by atoms with Crippen LogP contribution in [0.4, 0.5) is 17.6 Å². The van der Waals surface area contributed by atoms with Crippen LogP contribution in [0.3, 0.4) is 0 Å². The normalized spacial score (nSPS) is 12.9. The van der Waals surface area contributed by atoms with E-state index in [1.54, 1.807) is 6.92 Å². The summed E-state index contributed by atoms with van der Waals surface area (Å²) >= 11 is 5.57. The first-order valence-electron chi connectivity index (χ1n) is 6.88. The fourth-order valence-corrected chi connectivity index (χ4v) is 2.08. The monoisotopic (exact) mass is 381 g/mol. The Morgan fingerprint density at radius 1 is 1.32 bits per heavy atom. The Morgan fingerprint density at radius 3 is 2.56 bits per heavy atom. The minimum Gasteiger partial charge on any atom is -0.348 e. The lowest BCUT2D eigenvalue weighted by Gasteiger charge is -2.14. The Hall–Kier alpha value is -2.43. The molecule has 1 amide bonds. The molecule has 0 radical (unpaired) electrons. The molecule has 0 saturated heterocycles. The quantitative estimate of drug-likeness (QED) is 0.799. The smallest absolute Gasteiger partial charge is 0.348 e. The van der Waals surface area contributed by atoms with Crippen molar-refractivity contribution < 1.29 is 22.4 Å². The number of hydrogen-bond acceptors (Lipinski definition) is 4. The van der Waals surface area contributed by atoms with Crippen LogP contribution in [0.2, 0.25) is 5.02 Å². The second-order valence-corrected chi connectivity index (χ2v) is 5.56. The maximum atomic E-state index is 13.4. The van der Waals surface area contributed by atoms with Gasteiger partial charge in [-0.15, -0.1) is 0 Å². The molecule has 2 rings (SSSR count). The molecule has 12 heteroatoms. The molecule has 0 aliphatic heterocycles. The Kier molecular flexibility index (Phi) is 5.45. The van der Waals surface area contributed by atoms with Crippen molar-refractivity contribution in [1.82, 2.24) is 25.1 Å². The van der Waals surface area contributed by atoms with Crippen LogP contribution in [0, 0.1) is 5.82 Å². The first-order chi connectivity index (χ1) is 11.6. The highest BCUT2D eigenvalue weighted by molar-refractivity contribution is 6.30. The number of carbonyl (C=O) groups excluding carboxylic acids is 1. The van der Waals surface area contributed by atoms with E-state index in [0.29, 0.717) is 10.2 Å². The highest BCUT2D eigenvalue weighted by atomic mass is 35.5. The Balaban J connectivity index is 2.03. The Morgan fingerprint density at radius 2 is 1.96 bits per heavy atom. The van der Waals surface area contributed by atoms with Gasteiger partial charge in [-0.05, 0) is 35.0 Å². The van der Waals surface area contributed by atoms with Crippen LogP contribution in [0.1, 0.15) is 18.5 Å². The number of tetrazole rings is 1. The maximum absolute atomic E-state index is 13.4. The van der Waals surface area contributed by atoms with Crippen molar-refractivity contribution in [2.24, 2.45) is 0 Å². The van der Waals surface area contributed by atoms with Crippen LogP contribution in [0.25, 0.3) is 0 Å². The van der Waals surface area contributed by atoms with Gasteiger partial charge in [-0.25, -0.2) is 9.18 Å². The summed E-state index contributed by atoms with van der Waals surface area (Å²) in [6.07, 6.45) is -4.64. The molecule has 1 aromatic carbocycles. The van der Waals surface area contributed by atoms with Crippen molar-refractivity contribution in [3.8, 4) is 0 Å². The molecule has 1 heterocycles. The third-order valence-corrected chi connectivity index (χ3v) is 3.45. The summed E-state index contributed by atoms with van der Waals surface area (Å²) in [5.74, 6) is -1.37. The molecule has 0 bridgehead atoms. The molecule has 7 nitrogen and oxygen atoms in total.